The van der Waals surface area contributed by atoms with E-state index in [1.54, 1.807) is 48.5 Å². The van der Waals surface area contributed by atoms with E-state index >= 15 is 0 Å². The van der Waals surface area contributed by atoms with Crippen LogP contribution >= 0.6 is 0 Å². The molecule has 3 aromatic rings. The summed E-state index contributed by atoms with van der Waals surface area (Å²) in [5, 5.41) is 5.77. The molecule has 0 unspecified atom stereocenters. The minimum Gasteiger partial charge on any atom is -0.457 e. The van der Waals surface area contributed by atoms with E-state index in [2.05, 4.69) is 39.3 Å². The molecule has 0 bridgehead atoms. The summed E-state index contributed by atoms with van der Waals surface area (Å²) in [6, 6.07) is 22.0. The van der Waals surface area contributed by atoms with E-state index in [9.17, 15) is 18.0 Å². The summed E-state index contributed by atoms with van der Waals surface area (Å²) >= 11 is 0. The van der Waals surface area contributed by atoms with Gasteiger partial charge in [0.1, 0.15) is 11.5 Å². The fourth-order valence-corrected chi connectivity index (χ4v) is 5.63. The van der Waals surface area contributed by atoms with E-state index in [-0.39, 0.29) is 18.0 Å². The van der Waals surface area contributed by atoms with Gasteiger partial charge >= 0.3 is 6.03 Å². The Morgan fingerprint density at radius 1 is 0.860 bits per heavy atom. The summed E-state index contributed by atoms with van der Waals surface area (Å²) in [6.07, 6.45) is 4.89. The van der Waals surface area contributed by atoms with Gasteiger partial charge in [0.05, 0.1) is 6.26 Å². The first-order valence-corrected chi connectivity index (χ1v) is 16.5. The average molecular weight is 608 g/mol. The third-order valence-corrected chi connectivity index (χ3v) is 7.80. The predicted octanol–water partition coefficient (Wildman–Crippen LogP) is 6.11. The fraction of sp³-hybridized carbons (Fsp3) is 0.375. The van der Waals surface area contributed by atoms with Gasteiger partial charge in [0.15, 0.2) is 0 Å². The van der Waals surface area contributed by atoms with Gasteiger partial charge in [-0.3, -0.25) is 14.4 Å². The van der Waals surface area contributed by atoms with Gasteiger partial charge in [-0.2, -0.15) is 0 Å². The monoisotopic (exact) mass is 607 g/mol. The summed E-state index contributed by atoms with van der Waals surface area (Å²) in [5.74, 6) is 1.19. The first-order valence-electron chi connectivity index (χ1n) is 14.6. The molecular formula is C32H41N5O5S. The van der Waals surface area contributed by atoms with E-state index in [1.165, 1.54) is 12.5 Å². The van der Waals surface area contributed by atoms with Crippen LogP contribution in [0, 0.1) is 0 Å². The van der Waals surface area contributed by atoms with Crippen molar-refractivity contribution in [3.05, 3.63) is 78.4 Å². The molecule has 1 aliphatic rings. The van der Waals surface area contributed by atoms with Crippen LogP contribution in [0.15, 0.2) is 72.8 Å². The Morgan fingerprint density at radius 3 is 1.93 bits per heavy atom. The van der Waals surface area contributed by atoms with Crippen molar-refractivity contribution < 1.29 is 22.7 Å². The Morgan fingerprint density at radius 2 is 1.40 bits per heavy atom. The van der Waals surface area contributed by atoms with Crippen LogP contribution < -0.4 is 20.1 Å². The number of benzene rings is 3. The second kappa shape index (κ2) is 14.9. The van der Waals surface area contributed by atoms with Gasteiger partial charge in [-0.15, -0.1) is 0 Å². The molecule has 3 amide bonds. The number of carbonyl (C=O) groups excluding carboxylic acids is 2. The normalized spacial score (nSPS) is 14.1. The summed E-state index contributed by atoms with van der Waals surface area (Å²) in [5.41, 5.74) is 3.06. The van der Waals surface area contributed by atoms with E-state index < -0.39 is 10.0 Å². The zero-order valence-corrected chi connectivity index (χ0v) is 25.8. The molecule has 0 saturated carbocycles. The van der Waals surface area contributed by atoms with E-state index in [0.717, 1.165) is 58.1 Å². The topological polar surface area (TPSA) is 120 Å². The molecule has 0 spiro atoms. The highest BCUT2D eigenvalue weighted by Gasteiger charge is 2.28. The Balaban J connectivity index is 1.27. The molecule has 0 aromatic heterocycles. The molecule has 1 fully saturated rings. The van der Waals surface area contributed by atoms with Crippen LogP contribution in [0.3, 0.4) is 0 Å². The highest BCUT2D eigenvalue weighted by molar-refractivity contribution is 7.92. The van der Waals surface area contributed by atoms with E-state index in [4.69, 9.17) is 4.74 Å². The maximum atomic E-state index is 13.3. The lowest BCUT2D eigenvalue weighted by molar-refractivity contribution is -0.114. The van der Waals surface area contributed by atoms with Crippen LogP contribution in [0.5, 0.6) is 11.5 Å². The van der Waals surface area contributed by atoms with Crippen molar-refractivity contribution in [3.8, 4) is 11.5 Å². The predicted molar refractivity (Wildman–Crippen MR) is 171 cm³/mol. The second-order valence-corrected chi connectivity index (χ2v) is 12.6. The standard InChI is InChI=1S/C32H41N5O5S/c1-4-5-20-37(32(39)34-27-10-8-26(9-11-27)33-24(2)38)29-18-21-36(22-19-29)23-25-6-14-30(15-7-25)42-31-16-12-28(13-17-31)35-43(3,40)41/h6-17,29,35H,4-5,18-23H2,1-3H3,(H,33,38)(H,34,39). The number of carbonyl (C=O) groups is 2. The van der Waals surface area contributed by atoms with Crippen molar-refractivity contribution in [1.82, 2.24) is 9.80 Å². The Bertz CT molecular complexity index is 1450. The first kappa shape index (κ1) is 31.8. The molecule has 0 aliphatic carbocycles. The lowest BCUT2D eigenvalue weighted by Gasteiger charge is -2.38. The first-order chi connectivity index (χ1) is 20.6. The largest absolute Gasteiger partial charge is 0.457 e. The minimum atomic E-state index is -3.32. The number of likely N-dealkylation sites (tertiary alicyclic amines) is 1. The lowest BCUT2D eigenvalue weighted by Crippen LogP contribution is -2.49. The van der Waals surface area contributed by atoms with Gasteiger partial charge in [-0.1, -0.05) is 25.5 Å². The number of ether oxygens (including phenoxy) is 1. The number of unbranched alkanes of at least 4 members (excludes halogenated alkanes) is 1. The quantitative estimate of drug-likeness (QED) is 0.229. The maximum absolute atomic E-state index is 13.3. The molecule has 11 heteroatoms. The molecule has 0 radical (unpaired) electrons. The molecule has 10 nitrogen and oxygen atoms in total. The van der Waals surface area contributed by atoms with Crippen LogP contribution in [0.1, 0.15) is 45.1 Å². The highest BCUT2D eigenvalue weighted by Crippen LogP contribution is 2.25. The van der Waals surface area contributed by atoms with E-state index in [1.807, 2.05) is 17.0 Å². The number of nitrogens with one attached hydrogen (secondary N) is 3. The number of hydrogen-bond acceptors (Lipinski definition) is 6. The molecule has 230 valence electrons. The Labute approximate surface area is 254 Å². The number of urea groups is 1. The molecule has 3 aromatic carbocycles. The van der Waals surface area contributed by atoms with Gasteiger partial charge in [0.2, 0.25) is 15.9 Å². The molecule has 0 atom stereocenters. The number of rotatable bonds is 12. The van der Waals surface area contributed by atoms with Crippen LogP contribution in [0.25, 0.3) is 0 Å². The summed E-state index contributed by atoms with van der Waals surface area (Å²) < 4.78 is 31.1. The van der Waals surface area contributed by atoms with Gasteiger partial charge in [-0.05, 0) is 85.5 Å². The number of piperidine rings is 1. The fourth-order valence-electron chi connectivity index (χ4n) is 5.07. The molecule has 1 saturated heterocycles. The van der Waals surface area contributed by atoms with Crippen molar-refractivity contribution in [3.63, 3.8) is 0 Å². The number of sulfonamides is 1. The molecule has 4 rings (SSSR count). The van der Waals surface area contributed by atoms with E-state index in [0.29, 0.717) is 28.6 Å². The van der Waals surface area contributed by atoms with Crippen molar-refractivity contribution in [2.24, 2.45) is 0 Å². The van der Waals surface area contributed by atoms with Gasteiger partial charge in [0.25, 0.3) is 0 Å². The number of amides is 3. The zero-order valence-electron chi connectivity index (χ0n) is 25.0. The van der Waals surface area contributed by atoms with Gasteiger partial charge in [-0.25, -0.2) is 13.2 Å². The second-order valence-electron chi connectivity index (χ2n) is 10.9. The van der Waals surface area contributed by atoms with Gasteiger partial charge < -0.3 is 20.3 Å². The minimum absolute atomic E-state index is 0.0870. The molecule has 1 heterocycles. The zero-order chi connectivity index (χ0) is 30.8. The highest BCUT2D eigenvalue weighted by atomic mass is 32.2. The SMILES string of the molecule is CCCCN(C(=O)Nc1ccc(NC(C)=O)cc1)C1CCN(Cc2ccc(Oc3ccc(NS(C)(=O)=O)cc3)cc2)CC1. The Hall–Kier alpha value is -4.09. The summed E-state index contributed by atoms with van der Waals surface area (Å²) in [6.45, 7) is 6.93. The van der Waals surface area contributed by atoms with Crippen molar-refractivity contribution in [1.29, 1.82) is 0 Å². The van der Waals surface area contributed by atoms with Crippen LogP contribution in [0.4, 0.5) is 21.9 Å². The third-order valence-electron chi connectivity index (χ3n) is 7.19. The average Bonchev–Trinajstić information content (AvgIpc) is 2.96. The lowest BCUT2D eigenvalue weighted by atomic mass is 10.0. The Kier molecular flexibility index (Phi) is 11.0. The van der Waals surface area contributed by atoms with Crippen molar-refractivity contribution in [2.45, 2.75) is 52.1 Å². The summed E-state index contributed by atoms with van der Waals surface area (Å²) in [7, 11) is -3.32. The van der Waals surface area contributed by atoms with Crippen LogP contribution in [-0.4, -0.2) is 62.1 Å². The van der Waals surface area contributed by atoms with Gasteiger partial charge in [0, 0.05) is 56.2 Å². The number of anilines is 3. The molecular weight excluding hydrogens is 566 g/mol. The molecule has 43 heavy (non-hydrogen) atoms. The van der Waals surface area contributed by atoms with Crippen LogP contribution in [0.2, 0.25) is 0 Å². The number of nitrogens with zero attached hydrogens (tertiary/aromatic N) is 2. The maximum Gasteiger partial charge on any atom is 0.322 e. The third kappa shape index (κ3) is 10.3. The number of hydrogen-bond donors (Lipinski definition) is 3. The van der Waals surface area contributed by atoms with Crippen molar-refractivity contribution in [2.75, 3.05) is 41.2 Å². The molecule has 3 N–H and O–H groups in total. The molecule has 1 aliphatic heterocycles. The smallest absolute Gasteiger partial charge is 0.322 e. The summed E-state index contributed by atoms with van der Waals surface area (Å²) in [4.78, 5) is 28.9. The van der Waals surface area contributed by atoms with Crippen LogP contribution in [-0.2, 0) is 21.4 Å². The van der Waals surface area contributed by atoms with Crippen molar-refractivity contribution >= 4 is 39.0 Å².